The van der Waals surface area contributed by atoms with Crippen molar-refractivity contribution in [3.8, 4) is 0 Å². The highest BCUT2D eigenvalue weighted by Crippen LogP contribution is 2.19. The predicted molar refractivity (Wildman–Crippen MR) is 38.2 cm³/mol. The van der Waals surface area contributed by atoms with Crippen molar-refractivity contribution in [3.05, 3.63) is 10.5 Å². The van der Waals surface area contributed by atoms with Crippen LogP contribution in [0.1, 0.15) is 0 Å². The van der Waals surface area contributed by atoms with E-state index in [1.54, 1.807) is 23.4 Å². The van der Waals surface area contributed by atoms with Crippen molar-refractivity contribution in [3.63, 3.8) is 0 Å². The lowest BCUT2D eigenvalue weighted by Crippen LogP contribution is -2.22. The number of aryl methyl sites for hydroxylation is 1. The molecule has 0 fully saturated rings. The van der Waals surface area contributed by atoms with Gasteiger partial charge in [-0.25, -0.2) is 9.48 Å². The molecule has 0 radical (unpaired) electrons. The molecule has 0 bridgehead atoms. The van der Waals surface area contributed by atoms with Gasteiger partial charge in [0.05, 0.1) is 0 Å². The average molecular weight is 157 g/mol. The van der Waals surface area contributed by atoms with Crippen LogP contribution < -0.4 is 5.69 Å². The Kier molecular flexibility index (Phi) is 1.14. The zero-order chi connectivity index (χ0) is 7.14. The van der Waals surface area contributed by atoms with Gasteiger partial charge < -0.3 is 0 Å². The molecule has 0 spiro atoms. The molecule has 0 aliphatic carbocycles. The van der Waals surface area contributed by atoms with Gasteiger partial charge in [0.1, 0.15) is 0 Å². The molecule has 2 rings (SSSR count). The highest BCUT2D eigenvalue weighted by molar-refractivity contribution is 7.99. The Balaban J connectivity index is 2.71. The molecule has 0 saturated heterocycles. The Morgan fingerprint density at radius 2 is 2.50 bits per heavy atom. The molecule has 0 saturated carbocycles. The van der Waals surface area contributed by atoms with Gasteiger partial charge in [-0.3, -0.25) is 4.57 Å². The molecular weight excluding hydrogens is 150 g/mol. The first-order chi connectivity index (χ1) is 4.79. The number of rotatable bonds is 0. The van der Waals surface area contributed by atoms with Crippen molar-refractivity contribution in [1.29, 1.82) is 0 Å². The van der Waals surface area contributed by atoms with Gasteiger partial charge in [0.2, 0.25) is 0 Å². The van der Waals surface area contributed by atoms with E-state index in [0.29, 0.717) is 0 Å². The van der Waals surface area contributed by atoms with E-state index in [0.717, 1.165) is 17.5 Å². The smallest absolute Gasteiger partial charge is 0.269 e. The summed E-state index contributed by atoms with van der Waals surface area (Å²) in [7, 11) is 1.67. The van der Waals surface area contributed by atoms with Crippen molar-refractivity contribution in [1.82, 2.24) is 14.3 Å². The van der Waals surface area contributed by atoms with E-state index in [4.69, 9.17) is 0 Å². The van der Waals surface area contributed by atoms with Gasteiger partial charge in [-0.05, 0) is 0 Å². The van der Waals surface area contributed by atoms with E-state index < -0.39 is 0 Å². The molecule has 4 nitrogen and oxygen atoms in total. The zero-order valence-corrected chi connectivity index (χ0v) is 6.39. The van der Waals surface area contributed by atoms with E-state index in [-0.39, 0.29) is 5.69 Å². The molecular formula is C5H7N3OS. The van der Waals surface area contributed by atoms with Crippen molar-refractivity contribution in [2.75, 3.05) is 5.75 Å². The van der Waals surface area contributed by atoms with Crippen LogP contribution >= 0.6 is 11.8 Å². The van der Waals surface area contributed by atoms with Gasteiger partial charge in [0.15, 0.2) is 5.16 Å². The lowest BCUT2D eigenvalue weighted by molar-refractivity contribution is 0.678. The van der Waals surface area contributed by atoms with Gasteiger partial charge in [-0.1, -0.05) is 11.8 Å². The minimum atomic E-state index is 0.000000000000000222. The Hall–Kier alpha value is -0.710. The largest absolute Gasteiger partial charge is 0.346 e. The first-order valence-electron chi connectivity index (χ1n) is 3.05. The lowest BCUT2D eigenvalue weighted by atomic mass is 10.7. The predicted octanol–water partition coefficient (Wildman–Crippen LogP) is -0.313. The maximum Gasteiger partial charge on any atom is 0.346 e. The second-order valence-corrected chi connectivity index (χ2v) is 3.25. The molecule has 1 aromatic heterocycles. The summed E-state index contributed by atoms with van der Waals surface area (Å²) in [4.78, 5) is 11.1. The molecule has 1 aliphatic heterocycles. The fourth-order valence-corrected chi connectivity index (χ4v) is 1.97. The first-order valence-corrected chi connectivity index (χ1v) is 4.04. The molecule has 5 heteroatoms. The minimum Gasteiger partial charge on any atom is -0.269 e. The molecule has 0 amide bonds. The van der Waals surface area contributed by atoms with Crippen LogP contribution in [0.2, 0.25) is 0 Å². The topological polar surface area (TPSA) is 39.8 Å². The van der Waals surface area contributed by atoms with Crippen LogP contribution in [0.4, 0.5) is 0 Å². The zero-order valence-electron chi connectivity index (χ0n) is 5.57. The maximum atomic E-state index is 11.1. The standard InChI is InChI=1S/C5H7N3OS/c1-7-5(9)8-2-3-10-4(8)6-7/h2-3H2,1H3. The molecule has 0 unspecified atom stereocenters. The number of fused-ring (bicyclic) bond motifs is 1. The molecule has 1 aliphatic rings. The molecule has 2 heterocycles. The summed E-state index contributed by atoms with van der Waals surface area (Å²) in [5.74, 6) is 0.985. The fraction of sp³-hybridized carbons (Fsp3) is 0.600. The van der Waals surface area contributed by atoms with E-state index in [1.165, 1.54) is 4.68 Å². The average Bonchev–Trinajstić information content (AvgIpc) is 2.41. The number of thioether (sulfide) groups is 1. The van der Waals surface area contributed by atoms with E-state index in [2.05, 4.69) is 5.10 Å². The van der Waals surface area contributed by atoms with E-state index >= 15 is 0 Å². The number of hydrogen-bond donors (Lipinski definition) is 0. The SMILES string of the molecule is Cn1nc2n(c1=O)CCS2. The summed E-state index contributed by atoms with van der Waals surface area (Å²) in [6.45, 7) is 0.812. The quantitative estimate of drug-likeness (QED) is 0.518. The van der Waals surface area contributed by atoms with Gasteiger partial charge >= 0.3 is 5.69 Å². The van der Waals surface area contributed by atoms with Crippen LogP contribution in [-0.2, 0) is 13.6 Å². The molecule has 1 aromatic rings. The van der Waals surface area contributed by atoms with Gasteiger partial charge in [0.25, 0.3) is 0 Å². The van der Waals surface area contributed by atoms with Gasteiger partial charge in [-0.15, -0.1) is 5.10 Å². The Morgan fingerprint density at radius 1 is 1.70 bits per heavy atom. The third-order valence-corrected chi connectivity index (χ3v) is 2.47. The van der Waals surface area contributed by atoms with Crippen LogP contribution in [0.25, 0.3) is 0 Å². The monoisotopic (exact) mass is 157 g/mol. The van der Waals surface area contributed by atoms with Crippen LogP contribution in [0.15, 0.2) is 9.95 Å². The molecule has 0 N–H and O–H groups in total. The van der Waals surface area contributed by atoms with Crippen molar-refractivity contribution in [2.24, 2.45) is 7.05 Å². The van der Waals surface area contributed by atoms with E-state index in [9.17, 15) is 4.79 Å². The number of aromatic nitrogens is 3. The summed E-state index contributed by atoms with van der Waals surface area (Å²) in [6, 6.07) is 0. The van der Waals surface area contributed by atoms with Crippen molar-refractivity contribution >= 4 is 11.8 Å². The van der Waals surface area contributed by atoms with Crippen molar-refractivity contribution in [2.45, 2.75) is 11.7 Å². The Bertz CT molecular complexity index is 313. The van der Waals surface area contributed by atoms with Crippen molar-refractivity contribution < 1.29 is 0 Å². The Labute approximate surface area is 61.8 Å². The lowest BCUT2D eigenvalue weighted by Gasteiger charge is -1.85. The third kappa shape index (κ3) is 0.636. The van der Waals surface area contributed by atoms with Gasteiger partial charge in [-0.2, -0.15) is 0 Å². The third-order valence-electron chi connectivity index (χ3n) is 1.52. The molecule has 0 atom stereocenters. The maximum absolute atomic E-state index is 11.1. The highest BCUT2D eigenvalue weighted by Gasteiger charge is 2.16. The first kappa shape index (κ1) is 6.03. The van der Waals surface area contributed by atoms with E-state index in [1.807, 2.05) is 0 Å². The van der Waals surface area contributed by atoms with Crippen LogP contribution in [-0.4, -0.2) is 20.1 Å². The van der Waals surface area contributed by atoms with Gasteiger partial charge in [0, 0.05) is 19.3 Å². The normalized spacial score (nSPS) is 15.7. The second kappa shape index (κ2) is 1.88. The fourth-order valence-electron chi connectivity index (χ4n) is 1.01. The summed E-state index contributed by atoms with van der Waals surface area (Å²) in [5, 5.41) is 4.88. The summed E-state index contributed by atoms with van der Waals surface area (Å²) in [6.07, 6.45) is 0. The highest BCUT2D eigenvalue weighted by atomic mass is 32.2. The van der Waals surface area contributed by atoms with Crippen LogP contribution in [0.3, 0.4) is 0 Å². The molecule has 10 heavy (non-hydrogen) atoms. The molecule has 0 aromatic carbocycles. The van der Waals surface area contributed by atoms with Crippen LogP contribution in [0, 0.1) is 0 Å². The van der Waals surface area contributed by atoms with Crippen LogP contribution in [0.5, 0.6) is 0 Å². The summed E-state index contributed by atoms with van der Waals surface area (Å²) < 4.78 is 3.08. The second-order valence-electron chi connectivity index (χ2n) is 2.19. The number of nitrogens with zero attached hydrogens (tertiary/aromatic N) is 3. The number of hydrogen-bond acceptors (Lipinski definition) is 3. The summed E-state index contributed by atoms with van der Waals surface area (Å²) in [5.41, 5.74) is 0.000000000000000222. The molecule has 54 valence electrons. The summed E-state index contributed by atoms with van der Waals surface area (Å²) >= 11 is 1.63. The minimum absolute atomic E-state index is 0.000000000000000222. The Morgan fingerprint density at radius 3 is 3.20 bits per heavy atom.